The van der Waals surface area contributed by atoms with Crippen LogP contribution in [0.15, 0.2) is 66.6 Å². The lowest BCUT2D eigenvalue weighted by molar-refractivity contribution is -0.146. The molecule has 1 saturated heterocycles. The van der Waals surface area contributed by atoms with E-state index in [4.69, 9.17) is 15.3 Å². The zero-order valence-corrected chi connectivity index (χ0v) is 27.7. The van der Waals surface area contributed by atoms with Crippen molar-refractivity contribution in [2.75, 3.05) is 57.3 Å². The summed E-state index contributed by atoms with van der Waals surface area (Å²) in [5.41, 5.74) is 2.17. The van der Waals surface area contributed by atoms with E-state index in [-0.39, 0.29) is 5.91 Å². The number of ether oxygens (including phenoxy) is 2. The summed E-state index contributed by atoms with van der Waals surface area (Å²) >= 11 is 0. The van der Waals surface area contributed by atoms with Crippen molar-refractivity contribution in [2.45, 2.75) is 47.1 Å². The highest BCUT2D eigenvalue weighted by molar-refractivity contribution is 6.04. The maximum Gasteiger partial charge on any atom is 0.324 e. The minimum atomic E-state index is -0.457. The van der Waals surface area contributed by atoms with E-state index in [1.165, 1.54) is 5.01 Å². The van der Waals surface area contributed by atoms with E-state index in [0.717, 1.165) is 29.4 Å². The summed E-state index contributed by atoms with van der Waals surface area (Å²) in [7, 11) is 3.47. The highest BCUT2D eigenvalue weighted by atomic mass is 16.5. The molecule has 4 rings (SSSR count). The smallest absolute Gasteiger partial charge is 0.324 e. The van der Waals surface area contributed by atoms with Crippen molar-refractivity contribution in [1.82, 2.24) is 20.1 Å². The number of nitrogens with two attached hydrogens (primary N) is 1. The average Bonchev–Trinajstić information content (AvgIpc) is 3.04. The summed E-state index contributed by atoms with van der Waals surface area (Å²) in [6.07, 6.45) is 3.85. The number of nitrogens with one attached hydrogen (secondary N) is 2. The van der Waals surface area contributed by atoms with Crippen LogP contribution in [0, 0.1) is 12.8 Å². The van der Waals surface area contributed by atoms with Crippen LogP contribution in [-0.4, -0.2) is 79.8 Å². The number of rotatable bonds is 11. The van der Waals surface area contributed by atoms with E-state index in [2.05, 4.69) is 34.4 Å². The summed E-state index contributed by atoms with van der Waals surface area (Å²) in [6.45, 7) is 13.0. The Labute approximate surface area is 267 Å². The summed E-state index contributed by atoms with van der Waals surface area (Å²) in [5, 5.41) is 9.04. The monoisotopic (exact) mass is 619 g/mol. The summed E-state index contributed by atoms with van der Waals surface area (Å²) in [5.74, 6) is 7.92. The molecule has 0 spiro atoms. The Hall–Kier alpha value is -4.19. The van der Waals surface area contributed by atoms with Crippen LogP contribution in [0.4, 0.5) is 16.2 Å². The zero-order chi connectivity index (χ0) is 32.9. The number of pyridine rings is 1. The molecule has 3 amide bonds. The van der Waals surface area contributed by atoms with Crippen molar-refractivity contribution in [3.63, 3.8) is 0 Å². The van der Waals surface area contributed by atoms with Crippen LogP contribution in [-0.2, 0) is 9.53 Å². The van der Waals surface area contributed by atoms with Gasteiger partial charge >= 0.3 is 6.03 Å². The first-order chi connectivity index (χ1) is 21.6. The molecule has 244 valence electrons. The second-order valence-corrected chi connectivity index (χ2v) is 11.2. The fraction of sp³-hybridized carbons (Fsp3) is 0.441. The zero-order valence-electron chi connectivity index (χ0n) is 27.7. The van der Waals surface area contributed by atoms with Crippen LogP contribution >= 0.6 is 0 Å². The number of allylic oxidation sites excluding steroid dienone is 1. The van der Waals surface area contributed by atoms with E-state index < -0.39 is 12.1 Å². The van der Waals surface area contributed by atoms with Crippen molar-refractivity contribution in [2.24, 2.45) is 11.8 Å². The Morgan fingerprint density at radius 3 is 2.53 bits per heavy atom. The number of likely N-dealkylation sites (N-methyl/N-ethyl adjacent to an activating group) is 1. The largest absolute Gasteiger partial charge is 0.492 e. The molecule has 11 nitrogen and oxygen atoms in total. The number of benzene rings is 2. The number of aryl methyl sites for hydroxylation is 1. The predicted molar refractivity (Wildman–Crippen MR) is 181 cm³/mol. The number of amides is 3. The Morgan fingerprint density at radius 2 is 1.87 bits per heavy atom. The molecule has 2 heterocycles. The second-order valence-electron chi connectivity index (χ2n) is 11.2. The molecular weight excluding hydrogens is 570 g/mol. The highest BCUT2D eigenvalue weighted by Crippen LogP contribution is 2.32. The lowest BCUT2D eigenvalue weighted by Gasteiger charge is -2.33. The van der Waals surface area contributed by atoms with Gasteiger partial charge in [0.25, 0.3) is 5.91 Å². The van der Waals surface area contributed by atoms with Gasteiger partial charge in [-0.25, -0.2) is 10.6 Å². The number of anilines is 2. The molecule has 1 fully saturated rings. The van der Waals surface area contributed by atoms with Crippen molar-refractivity contribution < 1.29 is 19.1 Å². The van der Waals surface area contributed by atoms with Gasteiger partial charge in [-0.2, -0.15) is 0 Å². The topological polar surface area (TPSA) is 125 Å². The van der Waals surface area contributed by atoms with Crippen molar-refractivity contribution in [3.8, 4) is 5.75 Å². The number of aromatic nitrogens is 1. The number of morpholine rings is 1. The first-order valence-corrected chi connectivity index (χ1v) is 15.6. The third-order valence-corrected chi connectivity index (χ3v) is 7.12. The number of hydrogen-bond donors (Lipinski definition) is 3. The summed E-state index contributed by atoms with van der Waals surface area (Å²) in [4.78, 5) is 33.6. The third-order valence-electron chi connectivity index (χ3n) is 7.12. The van der Waals surface area contributed by atoms with Crippen LogP contribution in [0.1, 0.15) is 39.8 Å². The van der Waals surface area contributed by atoms with E-state index in [1.807, 2.05) is 75.4 Å². The van der Waals surface area contributed by atoms with Gasteiger partial charge in [0.15, 0.2) is 0 Å². The summed E-state index contributed by atoms with van der Waals surface area (Å²) < 4.78 is 11.8. The first kappa shape index (κ1) is 35.3. The van der Waals surface area contributed by atoms with Gasteiger partial charge < -0.3 is 19.7 Å². The Morgan fingerprint density at radius 1 is 1.13 bits per heavy atom. The lowest BCUT2D eigenvalue weighted by atomic mass is 10.1. The standard InChI is InChI=1S/C32H43N7O4.C2H6/c1-22(2)10-15-30(39(33)24-12-11-23(3)34-20-24)36-32(41)35-27-13-14-28(26-9-7-6-8-25(26)27)42-18-16-38-17-19-43-29(21-38)31(40)37(4)5;1-2/h6-9,11-15,20,22,29H,10,16-19,21,33H2,1-5H3,(H2,35,36,41);1-2H3/b30-15-;. The molecule has 1 aliphatic rings. The average molecular weight is 620 g/mol. The van der Waals surface area contributed by atoms with E-state index >= 15 is 0 Å². The number of nitrogens with zero attached hydrogens (tertiary/aromatic N) is 4. The highest BCUT2D eigenvalue weighted by Gasteiger charge is 2.27. The first-order valence-electron chi connectivity index (χ1n) is 15.6. The van der Waals surface area contributed by atoms with Gasteiger partial charge in [-0.3, -0.25) is 25.0 Å². The summed E-state index contributed by atoms with van der Waals surface area (Å²) in [6, 6.07) is 14.8. The lowest BCUT2D eigenvalue weighted by Crippen LogP contribution is -2.50. The van der Waals surface area contributed by atoms with E-state index in [1.54, 1.807) is 25.2 Å². The maximum absolute atomic E-state index is 13.2. The van der Waals surface area contributed by atoms with Crippen LogP contribution in [0.2, 0.25) is 0 Å². The number of carbonyl (C=O) groups excluding carboxylic acids is 2. The Kier molecular flexibility index (Phi) is 13.6. The number of fused-ring (bicyclic) bond motifs is 1. The van der Waals surface area contributed by atoms with Crippen LogP contribution < -0.4 is 26.2 Å². The van der Waals surface area contributed by atoms with Crippen LogP contribution in [0.5, 0.6) is 5.75 Å². The van der Waals surface area contributed by atoms with Gasteiger partial charge in [0.05, 0.1) is 24.2 Å². The van der Waals surface area contributed by atoms with Gasteiger partial charge in [-0.1, -0.05) is 52.0 Å². The minimum Gasteiger partial charge on any atom is -0.492 e. The Balaban J connectivity index is 0.00000271. The number of urea groups is 1. The van der Waals surface area contributed by atoms with Crippen LogP contribution in [0.25, 0.3) is 10.8 Å². The number of hydrazine groups is 1. The van der Waals surface area contributed by atoms with Gasteiger partial charge in [0, 0.05) is 50.2 Å². The molecular formula is C34H49N7O4. The van der Waals surface area contributed by atoms with Gasteiger partial charge in [0.2, 0.25) is 0 Å². The fourth-order valence-electron chi connectivity index (χ4n) is 4.70. The van der Waals surface area contributed by atoms with Crippen molar-refractivity contribution in [3.05, 3.63) is 72.3 Å². The second kappa shape index (κ2) is 17.3. The molecule has 0 aliphatic carbocycles. The molecule has 0 saturated carbocycles. The van der Waals surface area contributed by atoms with Gasteiger partial charge in [0.1, 0.15) is 24.3 Å². The fourth-order valence-corrected chi connectivity index (χ4v) is 4.70. The molecule has 2 aromatic carbocycles. The Bertz CT molecular complexity index is 1430. The molecule has 11 heteroatoms. The minimum absolute atomic E-state index is 0.0300. The number of carbonyl (C=O) groups is 2. The normalized spacial score (nSPS) is 15.2. The molecule has 0 bridgehead atoms. The van der Waals surface area contributed by atoms with E-state index in [0.29, 0.717) is 55.2 Å². The number of hydrogen-bond acceptors (Lipinski definition) is 8. The van der Waals surface area contributed by atoms with Crippen LogP contribution in [0.3, 0.4) is 0 Å². The molecule has 1 aliphatic heterocycles. The molecule has 45 heavy (non-hydrogen) atoms. The molecule has 1 unspecified atom stereocenters. The molecule has 4 N–H and O–H groups in total. The maximum atomic E-state index is 13.2. The molecule has 1 aromatic heterocycles. The van der Waals surface area contributed by atoms with Gasteiger partial charge in [-0.15, -0.1) is 0 Å². The molecule has 1 atom stereocenters. The molecule has 3 aromatic rings. The third kappa shape index (κ3) is 10.2. The quantitative estimate of drug-likeness (QED) is 0.199. The SMILES string of the molecule is CC.Cc1ccc(N(N)/C(=C\CC(C)C)NC(=O)Nc2ccc(OCCN3CCOC(C(=O)N(C)C)C3)c3ccccc23)cn1. The van der Waals surface area contributed by atoms with Crippen molar-refractivity contribution >= 4 is 34.1 Å². The van der Waals surface area contributed by atoms with Crippen molar-refractivity contribution in [1.29, 1.82) is 0 Å². The molecule has 0 radical (unpaired) electrons. The van der Waals surface area contributed by atoms with Gasteiger partial charge in [-0.05, 0) is 49.6 Å². The van der Waals surface area contributed by atoms with E-state index in [9.17, 15) is 9.59 Å². The predicted octanol–water partition coefficient (Wildman–Crippen LogP) is 5.13.